The third-order valence-electron chi connectivity index (χ3n) is 2.12. The molecular weight excluding hydrogens is 214 g/mol. The molecule has 0 spiro atoms. The molecule has 1 aromatic rings. The molecule has 0 radical (unpaired) electrons. The van der Waals surface area contributed by atoms with E-state index < -0.39 is 0 Å². The Morgan fingerprint density at radius 2 is 2.33 bits per heavy atom. The predicted molar refractivity (Wildman–Crippen MR) is 61.4 cm³/mol. The van der Waals surface area contributed by atoms with Crippen molar-refractivity contribution < 1.29 is 9.84 Å². The highest BCUT2D eigenvalue weighted by atomic mass is 35.5. The van der Waals surface area contributed by atoms with Crippen LogP contribution in [0.2, 0.25) is 5.02 Å². The molecule has 82 valence electrons. The zero-order chi connectivity index (χ0) is 11.4. The molecule has 1 atom stereocenters. The quantitative estimate of drug-likeness (QED) is 0.778. The maximum Gasteiger partial charge on any atom is 0.176 e. The number of phenols is 1. The van der Waals surface area contributed by atoms with Crippen LogP contribution in [0.5, 0.6) is 11.5 Å². The molecule has 0 amide bonds. The number of methoxy groups -OCH3 is 1. The van der Waals surface area contributed by atoms with Crippen LogP contribution < -0.4 is 10.5 Å². The highest BCUT2D eigenvalue weighted by Gasteiger charge is 2.12. The molecule has 0 heterocycles. The first-order valence-electron chi connectivity index (χ1n) is 4.53. The number of ether oxygens (including phenoxy) is 1. The van der Waals surface area contributed by atoms with Gasteiger partial charge in [-0.1, -0.05) is 17.7 Å². The Morgan fingerprint density at radius 3 is 2.87 bits per heavy atom. The van der Waals surface area contributed by atoms with Crippen LogP contribution in [0.25, 0.3) is 0 Å². The van der Waals surface area contributed by atoms with Crippen LogP contribution in [0.3, 0.4) is 0 Å². The second-order valence-corrected chi connectivity index (χ2v) is 3.59. The standard InChI is InChI=1S/C11H14ClNO2/c1-3-4-9(13)7-5-8(12)11(14)10(6-7)15-2/h3,5-6,9,14H,1,4,13H2,2H3/t9-/m1/s1. The zero-order valence-corrected chi connectivity index (χ0v) is 9.29. The lowest BCUT2D eigenvalue weighted by Gasteiger charge is -2.13. The molecule has 4 heteroatoms. The molecule has 15 heavy (non-hydrogen) atoms. The molecule has 0 unspecified atom stereocenters. The third kappa shape index (κ3) is 2.64. The molecule has 1 rings (SSSR count). The Kier molecular flexibility index (Phi) is 4.00. The summed E-state index contributed by atoms with van der Waals surface area (Å²) in [6.07, 6.45) is 2.38. The fourth-order valence-electron chi connectivity index (χ4n) is 1.28. The van der Waals surface area contributed by atoms with Crippen LogP contribution >= 0.6 is 11.6 Å². The van der Waals surface area contributed by atoms with Gasteiger partial charge in [-0.2, -0.15) is 0 Å². The van der Waals surface area contributed by atoms with Crippen molar-refractivity contribution in [2.24, 2.45) is 5.73 Å². The third-order valence-corrected chi connectivity index (χ3v) is 2.41. The Hall–Kier alpha value is -1.19. The zero-order valence-electron chi connectivity index (χ0n) is 8.53. The van der Waals surface area contributed by atoms with Gasteiger partial charge < -0.3 is 15.6 Å². The van der Waals surface area contributed by atoms with Crippen molar-refractivity contribution in [3.8, 4) is 11.5 Å². The van der Waals surface area contributed by atoms with E-state index >= 15 is 0 Å². The minimum Gasteiger partial charge on any atom is -0.503 e. The first kappa shape index (κ1) is 11.9. The maximum atomic E-state index is 9.52. The fraction of sp³-hybridized carbons (Fsp3) is 0.273. The summed E-state index contributed by atoms with van der Waals surface area (Å²) in [7, 11) is 1.47. The van der Waals surface area contributed by atoms with Gasteiger partial charge in [0.25, 0.3) is 0 Å². The van der Waals surface area contributed by atoms with Crippen molar-refractivity contribution in [2.75, 3.05) is 7.11 Å². The molecule has 0 fully saturated rings. The summed E-state index contributed by atoms with van der Waals surface area (Å²) in [6.45, 7) is 3.62. The number of rotatable bonds is 4. The summed E-state index contributed by atoms with van der Waals surface area (Å²) in [5, 5.41) is 9.76. The second kappa shape index (κ2) is 5.05. The molecule has 0 saturated carbocycles. The molecule has 3 nitrogen and oxygen atoms in total. The van der Waals surface area contributed by atoms with Crippen LogP contribution in [0, 0.1) is 0 Å². The van der Waals surface area contributed by atoms with Gasteiger partial charge in [-0.15, -0.1) is 6.58 Å². The van der Waals surface area contributed by atoms with E-state index in [-0.39, 0.29) is 16.8 Å². The highest BCUT2D eigenvalue weighted by Crippen LogP contribution is 2.36. The SMILES string of the molecule is C=CC[C@@H](N)c1cc(Cl)c(O)c(OC)c1. The summed E-state index contributed by atoms with van der Waals surface area (Å²) < 4.78 is 4.98. The lowest BCUT2D eigenvalue weighted by Crippen LogP contribution is -2.09. The number of hydrogen-bond donors (Lipinski definition) is 2. The van der Waals surface area contributed by atoms with Crippen molar-refractivity contribution in [1.29, 1.82) is 0 Å². The predicted octanol–water partition coefficient (Wildman–Crippen LogP) is 2.63. The average Bonchev–Trinajstić information content (AvgIpc) is 2.22. The molecule has 0 aromatic heterocycles. The first-order chi connectivity index (χ1) is 7.10. The maximum absolute atomic E-state index is 9.52. The lowest BCUT2D eigenvalue weighted by atomic mass is 10.0. The van der Waals surface area contributed by atoms with Crippen molar-refractivity contribution in [1.82, 2.24) is 0 Å². The van der Waals surface area contributed by atoms with Crippen molar-refractivity contribution in [3.63, 3.8) is 0 Å². The summed E-state index contributed by atoms with van der Waals surface area (Å²) >= 11 is 5.83. The van der Waals surface area contributed by atoms with Crippen molar-refractivity contribution >= 4 is 11.6 Å². The number of nitrogens with two attached hydrogens (primary N) is 1. The second-order valence-electron chi connectivity index (χ2n) is 3.18. The van der Waals surface area contributed by atoms with E-state index in [1.165, 1.54) is 7.11 Å². The molecule has 0 aliphatic rings. The summed E-state index contributed by atoms with van der Waals surface area (Å²) in [5.74, 6) is 0.269. The molecule has 0 aliphatic carbocycles. The van der Waals surface area contributed by atoms with Crippen LogP contribution in [0.15, 0.2) is 24.8 Å². The van der Waals surface area contributed by atoms with Gasteiger partial charge in [0, 0.05) is 6.04 Å². The number of phenolic OH excluding ortho intramolecular Hbond substituents is 1. The largest absolute Gasteiger partial charge is 0.503 e. The Morgan fingerprint density at radius 1 is 1.67 bits per heavy atom. The van der Waals surface area contributed by atoms with E-state index in [1.54, 1.807) is 18.2 Å². The van der Waals surface area contributed by atoms with Gasteiger partial charge in [-0.05, 0) is 24.1 Å². The van der Waals surface area contributed by atoms with Crippen LogP contribution in [0.1, 0.15) is 18.0 Å². The van der Waals surface area contributed by atoms with E-state index in [1.807, 2.05) is 0 Å². The van der Waals surface area contributed by atoms with Gasteiger partial charge >= 0.3 is 0 Å². The summed E-state index contributed by atoms with van der Waals surface area (Å²) in [5.41, 5.74) is 6.70. The lowest BCUT2D eigenvalue weighted by molar-refractivity contribution is 0.372. The van der Waals surface area contributed by atoms with E-state index in [4.69, 9.17) is 22.1 Å². The molecule has 0 bridgehead atoms. The topological polar surface area (TPSA) is 55.5 Å². The van der Waals surface area contributed by atoms with Gasteiger partial charge in [-0.25, -0.2) is 0 Å². The minimum atomic E-state index is -0.186. The van der Waals surface area contributed by atoms with E-state index in [9.17, 15) is 5.11 Å². The minimum absolute atomic E-state index is 0.0614. The number of aromatic hydroxyl groups is 1. The monoisotopic (exact) mass is 227 g/mol. The molecule has 3 N–H and O–H groups in total. The smallest absolute Gasteiger partial charge is 0.176 e. The van der Waals surface area contributed by atoms with E-state index in [0.717, 1.165) is 5.56 Å². The van der Waals surface area contributed by atoms with Crippen LogP contribution in [0.4, 0.5) is 0 Å². The molecular formula is C11H14ClNO2. The van der Waals surface area contributed by atoms with Crippen LogP contribution in [-0.2, 0) is 0 Å². The Labute approximate surface area is 94.1 Å². The first-order valence-corrected chi connectivity index (χ1v) is 4.90. The number of halogens is 1. The molecule has 0 aliphatic heterocycles. The van der Waals surface area contributed by atoms with Crippen molar-refractivity contribution in [3.05, 3.63) is 35.4 Å². The highest BCUT2D eigenvalue weighted by molar-refractivity contribution is 6.32. The Balaban J connectivity index is 3.10. The number of hydrogen-bond acceptors (Lipinski definition) is 3. The van der Waals surface area contributed by atoms with Gasteiger partial charge in [0.1, 0.15) is 0 Å². The fourth-order valence-corrected chi connectivity index (χ4v) is 1.50. The van der Waals surface area contributed by atoms with Gasteiger partial charge in [-0.3, -0.25) is 0 Å². The normalized spacial score (nSPS) is 12.2. The van der Waals surface area contributed by atoms with Gasteiger partial charge in [0.05, 0.1) is 12.1 Å². The molecule has 1 aromatic carbocycles. The van der Waals surface area contributed by atoms with Gasteiger partial charge in [0.15, 0.2) is 11.5 Å². The van der Waals surface area contributed by atoms with E-state index in [0.29, 0.717) is 12.2 Å². The summed E-state index contributed by atoms with van der Waals surface area (Å²) in [4.78, 5) is 0. The Bertz CT molecular complexity index is 366. The van der Waals surface area contributed by atoms with E-state index in [2.05, 4.69) is 6.58 Å². The van der Waals surface area contributed by atoms with Crippen LogP contribution in [-0.4, -0.2) is 12.2 Å². The molecule has 0 saturated heterocycles. The average molecular weight is 228 g/mol. The van der Waals surface area contributed by atoms with Crippen molar-refractivity contribution in [2.45, 2.75) is 12.5 Å². The summed E-state index contributed by atoms with van der Waals surface area (Å²) in [6, 6.07) is 3.12. The number of benzene rings is 1. The van der Waals surface area contributed by atoms with Gasteiger partial charge in [0.2, 0.25) is 0 Å².